The van der Waals surface area contributed by atoms with Gasteiger partial charge in [-0.3, -0.25) is 0 Å². The van der Waals surface area contributed by atoms with Crippen LogP contribution < -0.4 is 4.74 Å². The Kier molecular flexibility index (Phi) is 5.08. The molecule has 0 N–H and O–H groups in total. The molecule has 0 fully saturated rings. The number of rotatable bonds is 6. The molecule has 2 heteroatoms. The lowest BCUT2D eigenvalue weighted by atomic mass is 10.1. The molecule has 14 heavy (non-hydrogen) atoms. The van der Waals surface area contributed by atoms with Gasteiger partial charge in [0.25, 0.3) is 0 Å². The van der Waals surface area contributed by atoms with Crippen LogP contribution >= 0.6 is 0 Å². The van der Waals surface area contributed by atoms with Crippen molar-refractivity contribution in [3.05, 3.63) is 36.8 Å². The summed E-state index contributed by atoms with van der Waals surface area (Å²) in [7, 11) is 1.67. The van der Waals surface area contributed by atoms with E-state index in [2.05, 4.69) is 19.1 Å². The Bertz CT molecular complexity index is 241. The van der Waals surface area contributed by atoms with E-state index in [0.29, 0.717) is 0 Å². The van der Waals surface area contributed by atoms with E-state index in [1.54, 1.807) is 7.11 Å². The van der Waals surface area contributed by atoms with Gasteiger partial charge in [-0.05, 0) is 30.5 Å². The molecule has 0 aromatic heterocycles. The highest BCUT2D eigenvalue weighted by Crippen LogP contribution is 2.11. The van der Waals surface area contributed by atoms with Gasteiger partial charge in [0.15, 0.2) is 0 Å². The van der Waals surface area contributed by atoms with E-state index >= 15 is 0 Å². The number of methoxy groups -OCH3 is 1. The van der Waals surface area contributed by atoms with Gasteiger partial charge in [-0.25, -0.2) is 0 Å². The second-order valence-electron chi connectivity index (χ2n) is 3.06. The monoisotopic (exact) mass is 193 g/mol. The minimum Gasteiger partial charge on any atom is -0.497 e. The molecular weight excluding hydrogens is 176 g/mol. The molecule has 0 unspecified atom stereocenters. The van der Waals surface area contributed by atoms with E-state index in [1.807, 2.05) is 12.1 Å². The maximum atomic E-state index is 5.35. The molecule has 2 nitrogen and oxygen atoms in total. The minimum atomic E-state index is 0.746. The molecule has 0 spiro atoms. The van der Waals surface area contributed by atoms with Gasteiger partial charge in [-0.1, -0.05) is 19.1 Å². The molecule has 0 saturated heterocycles. The third-order valence-corrected chi connectivity index (χ3v) is 1.98. The zero-order chi connectivity index (χ0) is 10.2. The minimum absolute atomic E-state index is 0.746. The van der Waals surface area contributed by atoms with Crippen LogP contribution in [0.15, 0.2) is 24.3 Å². The molecule has 1 aromatic rings. The third kappa shape index (κ3) is 3.79. The number of hydrogen-bond acceptors (Lipinski definition) is 2. The first kappa shape index (κ1) is 11.1. The summed E-state index contributed by atoms with van der Waals surface area (Å²) in [5, 5.41) is 0. The zero-order valence-electron chi connectivity index (χ0n) is 8.66. The van der Waals surface area contributed by atoms with Crippen molar-refractivity contribution in [2.24, 2.45) is 0 Å². The molecule has 1 aromatic carbocycles. The van der Waals surface area contributed by atoms with Crippen molar-refractivity contribution in [2.75, 3.05) is 20.3 Å². The first-order valence-electron chi connectivity index (χ1n) is 4.86. The average molecular weight is 193 g/mol. The van der Waals surface area contributed by atoms with Crippen LogP contribution in [0.4, 0.5) is 0 Å². The van der Waals surface area contributed by atoms with Crippen molar-refractivity contribution in [3.8, 4) is 5.75 Å². The molecule has 77 valence electrons. The van der Waals surface area contributed by atoms with Gasteiger partial charge in [0.1, 0.15) is 5.75 Å². The molecule has 0 heterocycles. The summed E-state index contributed by atoms with van der Waals surface area (Å²) in [5.41, 5.74) is 1.27. The van der Waals surface area contributed by atoms with Crippen molar-refractivity contribution in [2.45, 2.75) is 12.8 Å². The number of hydrogen-bond donors (Lipinski definition) is 0. The van der Waals surface area contributed by atoms with Crippen LogP contribution in [0.5, 0.6) is 5.75 Å². The number of ether oxygens (including phenoxy) is 2. The van der Waals surface area contributed by atoms with Crippen LogP contribution in [0.1, 0.15) is 12.0 Å². The highest BCUT2D eigenvalue weighted by Gasteiger charge is 1.94. The molecule has 0 bridgehead atoms. The smallest absolute Gasteiger partial charge is 0.118 e. The number of benzene rings is 1. The van der Waals surface area contributed by atoms with Crippen LogP contribution in [0.2, 0.25) is 0 Å². The van der Waals surface area contributed by atoms with Gasteiger partial charge >= 0.3 is 0 Å². The zero-order valence-corrected chi connectivity index (χ0v) is 8.66. The Labute approximate surface area is 85.8 Å². The molecule has 1 rings (SSSR count). The largest absolute Gasteiger partial charge is 0.497 e. The molecule has 0 aliphatic rings. The molecule has 1 radical (unpaired) electrons. The molecule has 0 amide bonds. The van der Waals surface area contributed by atoms with Crippen LogP contribution in [0, 0.1) is 6.92 Å². The van der Waals surface area contributed by atoms with Crippen molar-refractivity contribution in [3.63, 3.8) is 0 Å². The van der Waals surface area contributed by atoms with E-state index < -0.39 is 0 Å². The molecular formula is C12H17O2. The lowest BCUT2D eigenvalue weighted by Gasteiger charge is -2.04. The maximum Gasteiger partial charge on any atom is 0.118 e. The van der Waals surface area contributed by atoms with Gasteiger partial charge in [0, 0.05) is 6.61 Å². The second kappa shape index (κ2) is 6.44. The highest BCUT2D eigenvalue weighted by atomic mass is 16.5. The summed E-state index contributed by atoms with van der Waals surface area (Å²) in [6.45, 7) is 5.22. The fourth-order valence-corrected chi connectivity index (χ4v) is 1.19. The van der Waals surface area contributed by atoms with Crippen LogP contribution in [-0.4, -0.2) is 20.3 Å². The SMILES string of the molecule is [CH2]CCOCCc1ccc(OC)cc1. The highest BCUT2D eigenvalue weighted by molar-refractivity contribution is 5.27. The summed E-state index contributed by atoms with van der Waals surface area (Å²) >= 11 is 0. The van der Waals surface area contributed by atoms with Gasteiger partial charge in [0.05, 0.1) is 13.7 Å². The Morgan fingerprint density at radius 2 is 1.86 bits per heavy atom. The van der Waals surface area contributed by atoms with E-state index in [9.17, 15) is 0 Å². The molecule has 0 saturated carbocycles. The van der Waals surface area contributed by atoms with Gasteiger partial charge in [0.2, 0.25) is 0 Å². The normalized spacial score (nSPS) is 10.1. The third-order valence-electron chi connectivity index (χ3n) is 1.98. The van der Waals surface area contributed by atoms with Crippen molar-refractivity contribution >= 4 is 0 Å². The fraction of sp³-hybridized carbons (Fsp3) is 0.417. The Hall–Kier alpha value is -1.02. The van der Waals surface area contributed by atoms with Crippen molar-refractivity contribution < 1.29 is 9.47 Å². The Morgan fingerprint density at radius 1 is 1.14 bits per heavy atom. The van der Waals surface area contributed by atoms with Gasteiger partial charge < -0.3 is 9.47 Å². The molecule has 0 atom stereocenters. The second-order valence-corrected chi connectivity index (χ2v) is 3.06. The summed E-state index contributed by atoms with van der Waals surface area (Å²) in [6, 6.07) is 8.06. The van der Waals surface area contributed by atoms with Crippen LogP contribution in [0.25, 0.3) is 0 Å². The average Bonchev–Trinajstić information content (AvgIpc) is 2.25. The summed E-state index contributed by atoms with van der Waals surface area (Å²) in [5.74, 6) is 0.896. The molecule has 0 aliphatic carbocycles. The van der Waals surface area contributed by atoms with Crippen molar-refractivity contribution in [1.29, 1.82) is 0 Å². The maximum absolute atomic E-state index is 5.35. The summed E-state index contributed by atoms with van der Waals surface area (Å²) < 4.78 is 10.4. The van der Waals surface area contributed by atoms with Crippen LogP contribution in [0.3, 0.4) is 0 Å². The van der Waals surface area contributed by atoms with E-state index in [0.717, 1.165) is 31.8 Å². The summed E-state index contributed by atoms with van der Waals surface area (Å²) in [4.78, 5) is 0. The predicted molar refractivity (Wildman–Crippen MR) is 57.5 cm³/mol. The first-order valence-corrected chi connectivity index (χ1v) is 4.86. The van der Waals surface area contributed by atoms with Crippen molar-refractivity contribution in [1.82, 2.24) is 0 Å². The van der Waals surface area contributed by atoms with Gasteiger partial charge in [-0.15, -0.1) is 0 Å². The van der Waals surface area contributed by atoms with Crippen LogP contribution in [-0.2, 0) is 11.2 Å². The predicted octanol–water partition coefficient (Wildman–Crippen LogP) is 2.48. The summed E-state index contributed by atoms with van der Waals surface area (Å²) in [6.07, 6.45) is 1.78. The lowest BCUT2D eigenvalue weighted by molar-refractivity contribution is 0.141. The van der Waals surface area contributed by atoms with E-state index in [-0.39, 0.29) is 0 Å². The lowest BCUT2D eigenvalue weighted by Crippen LogP contribution is -1.99. The topological polar surface area (TPSA) is 18.5 Å². The van der Waals surface area contributed by atoms with E-state index in [4.69, 9.17) is 9.47 Å². The first-order chi connectivity index (χ1) is 6.86. The Balaban J connectivity index is 2.29. The quantitative estimate of drug-likeness (QED) is 0.646. The Morgan fingerprint density at radius 3 is 2.43 bits per heavy atom. The molecule has 0 aliphatic heterocycles. The van der Waals surface area contributed by atoms with E-state index in [1.165, 1.54) is 5.56 Å². The van der Waals surface area contributed by atoms with Gasteiger partial charge in [-0.2, -0.15) is 0 Å². The fourth-order valence-electron chi connectivity index (χ4n) is 1.19. The standard InChI is InChI=1S/C12H17O2/c1-3-9-14-10-8-11-4-6-12(13-2)7-5-11/h4-7H,1,3,8-10H2,2H3.